The molecule has 0 amide bonds. The van der Waals surface area contributed by atoms with Crippen LogP contribution < -0.4 is 9.47 Å². The van der Waals surface area contributed by atoms with Gasteiger partial charge in [0.25, 0.3) is 0 Å². The number of nitrogens with zero attached hydrogens (tertiary/aromatic N) is 1. The van der Waals surface area contributed by atoms with Crippen molar-refractivity contribution < 1.29 is 19.0 Å². The summed E-state index contributed by atoms with van der Waals surface area (Å²) < 4.78 is 17.2. The molecule has 2 aromatic rings. The summed E-state index contributed by atoms with van der Waals surface area (Å²) in [4.78, 5) is 16.1. The number of pyridine rings is 1. The molecule has 0 N–H and O–H groups in total. The lowest BCUT2D eigenvalue weighted by Gasteiger charge is -2.15. The number of carbonyl (C=O) groups excluding carboxylic acids is 1. The second kappa shape index (κ2) is 9.42. The van der Waals surface area contributed by atoms with Crippen LogP contribution in [0.25, 0.3) is 0 Å². The molecule has 2 rings (SSSR count). The van der Waals surface area contributed by atoms with E-state index in [2.05, 4.69) is 20.9 Å². The molecule has 134 valence electrons. The third-order valence-electron chi connectivity index (χ3n) is 3.39. The molecular weight excluding hydrogens is 386 g/mol. The van der Waals surface area contributed by atoms with Gasteiger partial charge < -0.3 is 14.2 Å². The molecule has 6 heteroatoms. The first kappa shape index (κ1) is 19.2. The Labute approximate surface area is 156 Å². The number of halogens is 1. The van der Waals surface area contributed by atoms with Gasteiger partial charge in [-0.25, -0.2) is 9.78 Å². The number of benzene rings is 1. The normalized spacial score (nSPS) is 11.7. The van der Waals surface area contributed by atoms with Crippen molar-refractivity contribution in [2.75, 3.05) is 6.61 Å². The maximum atomic E-state index is 11.9. The van der Waals surface area contributed by atoms with Gasteiger partial charge >= 0.3 is 5.97 Å². The summed E-state index contributed by atoms with van der Waals surface area (Å²) in [6.07, 6.45) is 2.90. The minimum atomic E-state index is -0.672. The molecule has 1 aromatic heterocycles. The van der Waals surface area contributed by atoms with Gasteiger partial charge in [-0.3, -0.25) is 0 Å². The number of esters is 1. The zero-order chi connectivity index (χ0) is 18.2. The lowest BCUT2D eigenvalue weighted by molar-refractivity contribution is -0.151. The van der Waals surface area contributed by atoms with Gasteiger partial charge in [-0.1, -0.05) is 19.4 Å². The fourth-order valence-corrected chi connectivity index (χ4v) is 2.39. The fourth-order valence-electron chi connectivity index (χ4n) is 1.95. The molecule has 1 unspecified atom stereocenters. The molecule has 0 bridgehead atoms. The summed E-state index contributed by atoms with van der Waals surface area (Å²) in [5, 5.41) is 0. The van der Waals surface area contributed by atoms with Gasteiger partial charge in [-0.15, -0.1) is 0 Å². The second-order valence-electron chi connectivity index (χ2n) is 5.65. The number of carbonyl (C=O) groups is 1. The largest absolute Gasteiger partial charge is 0.479 e. The van der Waals surface area contributed by atoms with E-state index >= 15 is 0 Å². The van der Waals surface area contributed by atoms with Crippen LogP contribution in [-0.2, 0) is 9.53 Å². The van der Waals surface area contributed by atoms with Crippen LogP contribution in [0.2, 0.25) is 0 Å². The number of aryl methyl sites for hydroxylation is 1. The molecule has 0 aliphatic carbocycles. The molecule has 0 aliphatic rings. The molecule has 0 saturated carbocycles. The highest BCUT2D eigenvalue weighted by atomic mass is 79.9. The maximum absolute atomic E-state index is 11.9. The third-order valence-corrected chi connectivity index (χ3v) is 4.01. The molecule has 1 heterocycles. The first-order valence-corrected chi connectivity index (χ1v) is 9.02. The van der Waals surface area contributed by atoms with Crippen LogP contribution in [0.1, 0.15) is 32.3 Å². The van der Waals surface area contributed by atoms with E-state index in [1.165, 1.54) is 0 Å². The number of rotatable bonds is 8. The number of hydrogen-bond acceptors (Lipinski definition) is 5. The first-order chi connectivity index (χ1) is 12.0. The van der Waals surface area contributed by atoms with Gasteiger partial charge in [-0.2, -0.15) is 0 Å². The molecule has 0 fully saturated rings. The van der Waals surface area contributed by atoms with Crippen LogP contribution in [0.4, 0.5) is 0 Å². The van der Waals surface area contributed by atoms with E-state index in [9.17, 15) is 4.79 Å². The summed E-state index contributed by atoms with van der Waals surface area (Å²) >= 11 is 3.45. The highest BCUT2D eigenvalue weighted by molar-refractivity contribution is 9.10. The van der Waals surface area contributed by atoms with E-state index in [0.717, 1.165) is 18.4 Å². The Hall–Kier alpha value is -2.08. The van der Waals surface area contributed by atoms with E-state index in [-0.39, 0.29) is 5.97 Å². The Bertz CT molecular complexity index is 703. The Morgan fingerprint density at radius 2 is 2.08 bits per heavy atom. The van der Waals surface area contributed by atoms with Gasteiger partial charge in [0.05, 0.1) is 11.1 Å². The van der Waals surface area contributed by atoms with Gasteiger partial charge in [0.1, 0.15) is 11.5 Å². The number of hydrogen-bond donors (Lipinski definition) is 0. The lowest BCUT2D eigenvalue weighted by atomic mass is 10.3. The highest BCUT2D eigenvalue weighted by Gasteiger charge is 2.17. The van der Waals surface area contributed by atoms with E-state index in [1.807, 2.05) is 19.9 Å². The fraction of sp³-hybridized carbons (Fsp3) is 0.368. The number of aromatic nitrogens is 1. The SMILES string of the molecule is CCCCOC(=O)C(C)Oc1ccc(Oc2ccc(C)cn2)c(Br)c1. The summed E-state index contributed by atoms with van der Waals surface area (Å²) in [7, 11) is 0. The average Bonchev–Trinajstić information content (AvgIpc) is 2.59. The molecule has 0 aliphatic heterocycles. The number of ether oxygens (including phenoxy) is 3. The zero-order valence-corrected chi connectivity index (χ0v) is 16.2. The molecule has 5 nitrogen and oxygen atoms in total. The number of unbranched alkanes of at least 4 members (excludes halogenated alkanes) is 1. The Kier molecular flexibility index (Phi) is 7.25. The van der Waals surface area contributed by atoms with Crippen molar-refractivity contribution in [3.63, 3.8) is 0 Å². The Morgan fingerprint density at radius 1 is 1.28 bits per heavy atom. The average molecular weight is 408 g/mol. The minimum Gasteiger partial charge on any atom is -0.479 e. The summed E-state index contributed by atoms with van der Waals surface area (Å²) in [5.41, 5.74) is 1.06. The monoisotopic (exact) mass is 407 g/mol. The molecule has 0 radical (unpaired) electrons. The molecule has 0 spiro atoms. The molecule has 1 aromatic carbocycles. The van der Waals surface area contributed by atoms with Gasteiger partial charge in [0.15, 0.2) is 6.10 Å². The van der Waals surface area contributed by atoms with Gasteiger partial charge in [0.2, 0.25) is 5.88 Å². The van der Waals surface area contributed by atoms with Crippen LogP contribution in [0.5, 0.6) is 17.4 Å². The van der Waals surface area contributed by atoms with Crippen LogP contribution in [-0.4, -0.2) is 23.7 Å². The van der Waals surface area contributed by atoms with Crippen molar-refractivity contribution in [2.24, 2.45) is 0 Å². The van der Waals surface area contributed by atoms with E-state index in [4.69, 9.17) is 14.2 Å². The van der Waals surface area contributed by atoms with Crippen molar-refractivity contribution in [1.82, 2.24) is 4.98 Å². The van der Waals surface area contributed by atoms with Crippen LogP contribution >= 0.6 is 15.9 Å². The van der Waals surface area contributed by atoms with E-state index in [0.29, 0.717) is 28.5 Å². The van der Waals surface area contributed by atoms with E-state index < -0.39 is 6.10 Å². The summed E-state index contributed by atoms with van der Waals surface area (Å²) in [6.45, 7) is 6.10. The van der Waals surface area contributed by atoms with Gasteiger partial charge in [0, 0.05) is 12.3 Å². The van der Waals surface area contributed by atoms with Gasteiger partial charge in [-0.05, 0) is 60.0 Å². The topological polar surface area (TPSA) is 57.7 Å². The van der Waals surface area contributed by atoms with Crippen LogP contribution in [0, 0.1) is 6.92 Å². The van der Waals surface area contributed by atoms with Crippen molar-refractivity contribution in [1.29, 1.82) is 0 Å². The lowest BCUT2D eigenvalue weighted by Crippen LogP contribution is -2.26. The minimum absolute atomic E-state index is 0.367. The third kappa shape index (κ3) is 6.05. The highest BCUT2D eigenvalue weighted by Crippen LogP contribution is 2.32. The van der Waals surface area contributed by atoms with E-state index in [1.54, 1.807) is 37.4 Å². The zero-order valence-electron chi connectivity index (χ0n) is 14.6. The van der Waals surface area contributed by atoms with Crippen molar-refractivity contribution in [3.05, 3.63) is 46.6 Å². The standard InChI is InChI=1S/C19H22BrNO4/c1-4-5-10-23-19(22)14(3)24-15-7-8-17(16(20)11-15)25-18-9-6-13(2)12-21-18/h6-9,11-12,14H,4-5,10H2,1-3H3. The molecule has 0 saturated heterocycles. The maximum Gasteiger partial charge on any atom is 0.347 e. The van der Waals surface area contributed by atoms with Crippen LogP contribution in [0.15, 0.2) is 41.0 Å². The predicted molar refractivity (Wildman–Crippen MR) is 99.1 cm³/mol. The second-order valence-corrected chi connectivity index (χ2v) is 6.50. The first-order valence-electron chi connectivity index (χ1n) is 8.23. The summed E-state index contributed by atoms with van der Waals surface area (Å²) in [5.74, 6) is 1.31. The molecule has 1 atom stereocenters. The Morgan fingerprint density at radius 3 is 2.72 bits per heavy atom. The quantitative estimate of drug-likeness (QED) is 0.452. The predicted octanol–water partition coefficient (Wildman–Crippen LogP) is 5.06. The molecular formula is C19H22BrNO4. The Balaban J connectivity index is 1.96. The molecule has 25 heavy (non-hydrogen) atoms. The van der Waals surface area contributed by atoms with Crippen LogP contribution in [0.3, 0.4) is 0 Å². The van der Waals surface area contributed by atoms with Crippen molar-refractivity contribution >= 4 is 21.9 Å². The van der Waals surface area contributed by atoms with Crippen molar-refractivity contribution in [2.45, 2.75) is 39.7 Å². The smallest absolute Gasteiger partial charge is 0.347 e. The summed E-state index contributed by atoms with van der Waals surface area (Å²) in [6, 6.07) is 8.99. The van der Waals surface area contributed by atoms with Crippen molar-refractivity contribution in [3.8, 4) is 17.4 Å².